The zero-order valence-electron chi connectivity index (χ0n) is 18.8. The minimum atomic E-state index is -0.545. The van der Waals surface area contributed by atoms with E-state index in [2.05, 4.69) is 11.4 Å². The average Bonchev–Trinajstić information content (AvgIpc) is 2.72. The molecule has 4 nitrogen and oxygen atoms in total. The Balaban J connectivity index is 1.77. The van der Waals surface area contributed by atoms with E-state index in [0.717, 1.165) is 47.9 Å². The maximum absolute atomic E-state index is 13.4. The fourth-order valence-corrected chi connectivity index (χ4v) is 4.51. The number of nitrogens with zero attached hydrogens (tertiary/aromatic N) is 1. The second kappa shape index (κ2) is 10.8. The topological polar surface area (TPSA) is 49.4 Å². The summed E-state index contributed by atoms with van der Waals surface area (Å²) in [6, 6.07) is 13.3. The first-order valence-corrected chi connectivity index (χ1v) is 11.6. The summed E-state index contributed by atoms with van der Waals surface area (Å²) >= 11 is 6.02. The third-order valence-electron chi connectivity index (χ3n) is 6.02. The van der Waals surface area contributed by atoms with E-state index >= 15 is 0 Å². The Kier molecular flexibility index (Phi) is 8.14. The van der Waals surface area contributed by atoms with Crippen molar-refractivity contribution in [1.82, 2.24) is 10.2 Å². The van der Waals surface area contributed by atoms with Crippen LogP contribution in [-0.4, -0.2) is 28.8 Å². The van der Waals surface area contributed by atoms with Gasteiger partial charge in [0.15, 0.2) is 0 Å². The lowest BCUT2D eigenvalue weighted by atomic mass is 9.95. The molecule has 1 N–H and O–H groups in total. The van der Waals surface area contributed by atoms with E-state index in [9.17, 15) is 9.59 Å². The van der Waals surface area contributed by atoms with Gasteiger partial charge in [0, 0.05) is 17.6 Å². The van der Waals surface area contributed by atoms with Crippen LogP contribution in [0.4, 0.5) is 0 Å². The molecular formula is C26H33ClN2O2. The summed E-state index contributed by atoms with van der Waals surface area (Å²) in [6.45, 7) is 6.27. The Morgan fingerprint density at radius 2 is 1.61 bits per heavy atom. The first kappa shape index (κ1) is 23.3. The second-order valence-electron chi connectivity index (χ2n) is 8.84. The van der Waals surface area contributed by atoms with Crippen molar-refractivity contribution < 1.29 is 9.59 Å². The summed E-state index contributed by atoms with van der Waals surface area (Å²) in [4.78, 5) is 28.1. The summed E-state index contributed by atoms with van der Waals surface area (Å²) in [6.07, 6.45) is 5.85. The molecule has 1 fully saturated rings. The highest BCUT2D eigenvalue weighted by molar-refractivity contribution is 6.30. The van der Waals surface area contributed by atoms with Gasteiger partial charge in [-0.05, 0) is 56.9 Å². The van der Waals surface area contributed by atoms with Crippen LogP contribution in [0.2, 0.25) is 5.02 Å². The monoisotopic (exact) mass is 440 g/mol. The number of halogens is 1. The third-order valence-corrected chi connectivity index (χ3v) is 6.27. The Bertz CT molecular complexity index is 884. The van der Waals surface area contributed by atoms with Gasteiger partial charge in [-0.25, -0.2) is 0 Å². The zero-order chi connectivity index (χ0) is 22.4. The number of hydrogen-bond acceptors (Lipinski definition) is 2. The molecule has 0 aromatic heterocycles. The van der Waals surface area contributed by atoms with Gasteiger partial charge in [0.1, 0.15) is 6.04 Å². The molecule has 1 atom stereocenters. The van der Waals surface area contributed by atoms with Crippen molar-refractivity contribution in [3.63, 3.8) is 0 Å². The average molecular weight is 441 g/mol. The molecule has 0 heterocycles. The maximum Gasteiger partial charge on any atom is 0.242 e. The molecular weight excluding hydrogens is 408 g/mol. The summed E-state index contributed by atoms with van der Waals surface area (Å²) < 4.78 is 0. The van der Waals surface area contributed by atoms with Crippen molar-refractivity contribution in [2.24, 2.45) is 0 Å². The number of carbonyl (C=O) groups is 2. The van der Waals surface area contributed by atoms with Gasteiger partial charge in [0.2, 0.25) is 11.8 Å². The molecule has 3 rings (SSSR count). The molecule has 2 aromatic rings. The first-order chi connectivity index (χ1) is 14.8. The standard InChI is InChI=1S/C26H33ClN2O2/c1-18-13-19(2)15-22(14-18)16-25(30)29(17-21-9-11-23(27)12-10-21)20(3)26(31)28-24-7-5-4-6-8-24/h9-15,20,24H,4-8,16-17H2,1-3H3,(H,28,31). The molecule has 0 radical (unpaired) electrons. The summed E-state index contributed by atoms with van der Waals surface area (Å²) in [5.74, 6) is -0.124. The molecule has 2 amide bonds. The quantitative estimate of drug-likeness (QED) is 0.629. The van der Waals surface area contributed by atoms with Gasteiger partial charge in [-0.15, -0.1) is 0 Å². The highest BCUT2D eigenvalue weighted by Gasteiger charge is 2.28. The van der Waals surface area contributed by atoms with Crippen LogP contribution >= 0.6 is 11.6 Å². The van der Waals surface area contributed by atoms with E-state index in [1.807, 2.05) is 57.2 Å². The van der Waals surface area contributed by atoms with Crippen LogP contribution < -0.4 is 5.32 Å². The molecule has 1 aliphatic rings. The third kappa shape index (κ3) is 6.83. The van der Waals surface area contributed by atoms with Crippen molar-refractivity contribution >= 4 is 23.4 Å². The van der Waals surface area contributed by atoms with Crippen molar-refractivity contribution in [2.45, 2.75) is 77.9 Å². The van der Waals surface area contributed by atoms with Crippen LogP contribution in [0.25, 0.3) is 0 Å². The largest absolute Gasteiger partial charge is 0.352 e. The van der Waals surface area contributed by atoms with Crippen molar-refractivity contribution in [1.29, 1.82) is 0 Å². The summed E-state index contributed by atoms with van der Waals surface area (Å²) in [7, 11) is 0. The second-order valence-corrected chi connectivity index (χ2v) is 9.28. The van der Waals surface area contributed by atoms with E-state index < -0.39 is 6.04 Å². The lowest BCUT2D eigenvalue weighted by Gasteiger charge is -2.31. The fraction of sp³-hybridized carbons (Fsp3) is 0.462. The minimum Gasteiger partial charge on any atom is -0.352 e. The normalized spacial score (nSPS) is 15.4. The van der Waals surface area contributed by atoms with E-state index in [1.54, 1.807) is 4.90 Å². The number of hydrogen-bond donors (Lipinski definition) is 1. The number of rotatable bonds is 7. The van der Waals surface area contributed by atoms with E-state index in [-0.39, 0.29) is 24.3 Å². The lowest BCUT2D eigenvalue weighted by Crippen LogP contribution is -2.50. The Labute approximate surface area is 191 Å². The molecule has 0 bridgehead atoms. The van der Waals surface area contributed by atoms with Crippen LogP contribution in [0.15, 0.2) is 42.5 Å². The highest BCUT2D eigenvalue weighted by Crippen LogP contribution is 2.19. The van der Waals surface area contributed by atoms with Crippen LogP contribution in [0.3, 0.4) is 0 Å². The van der Waals surface area contributed by atoms with Gasteiger partial charge in [0.25, 0.3) is 0 Å². The molecule has 2 aromatic carbocycles. The Morgan fingerprint density at radius 1 is 1.00 bits per heavy atom. The summed E-state index contributed by atoms with van der Waals surface area (Å²) in [5.41, 5.74) is 4.20. The molecule has 0 aliphatic heterocycles. The molecule has 1 aliphatic carbocycles. The molecule has 1 saturated carbocycles. The van der Waals surface area contributed by atoms with E-state index in [0.29, 0.717) is 11.6 Å². The van der Waals surface area contributed by atoms with Crippen molar-refractivity contribution in [2.75, 3.05) is 0 Å². The van der Waals surface area contributed by atoms with Crippen LogP contribution in [-0.2, 0) is 22.6 Å². The van der Waals surface area contributed by atoms with Gasteiger partial charge < -0.3 is 10.2 Å². The highest BCUT2D eigenvalue weighted by atomic mass is 35.5. The number of benzene rings is 2. The fourth-order valence-electron chi connectivity index (χ4n) is 4.39. The van der Waals surface area contributed by atoms with Gasteiger partial charge in [-0.3, -0.25) is 9.59 Å². The smallest absolute Gasteiger partial charge is 0.242 e. The zero-order valence-corrected chi connectivity index (χ0v) is 19.5. The molecule has 5 heteroatoms. The number of carbonyl (C=O) groups excluding carboxylic acids is 2. The number of aryl methyl sites for hydroxylation is 2. The lowest BCUT2D eigenvalue weighted by molar-refractivity contribution is -0.140. The molecule has 31 heavy (non-hydrogen) atoms. The van der Waals surface area contributed by atoms with Gasteiger partial charge >= 0.3 is 0 Å². The van der Waals surface area contributed by atoms with Gasteiger partial charge in [0.05, 0.1) is 6.42 Å². The van der Waals surface area contributed by atoms with Gasteiger partial charge in [-0.1, -0.05) is 72.3 Å². The van der Waals surface area contributed by atoms with Crippen LogP contribution in [0, 0.1) is 13.8 Å². The first-order valence-electron chi connectivity index (χ1n) is 11.2. The predicted molar refractivity (Wildman–Crippen MR) is 126 cm³/mol. The molecule has 166 valence electrons. The van der Waals surface area contributed by atoms with E-state index in [4.69, 9.17) is 11.6 Å². The minimum absolute atomic E-state index is 0.0498. The molecule has 0 saturated heterocycles. The Morgan fingerprint density at radius 3 is 2.23 bits per heavy atom. The number of amides is 2. The molecule has 0 spiro atoms. The predicted octanol–water partition coefficient (Wildman–Crippen LogP) is 5.37. The van der Waals surface area contributed by atoms with E-state index in [1.165, 1.54) is 6.42 Å². The number of nitrogens with one attached hydrogen (secondary N) is 1. The van der Waals surface area contributed by atoms with Crippen molar-refractivity contribution in [3.05, 3.63) is 69.7 Å². The van der Waals surface area contributed by atoms with Crippen LogP contribution in [0.1, 0.15) is 61.3 Å². The van der Waals surface area contributed by atoms with Crippen LogP contribution in [0.5, 0.6) is 0 Å². The van der Waals surface area contributed by atoms with Gasteiger partial charge in [-0.2, -0.15) is 0 Å². The SMILES string of the molecule is Cc1cc(C)cc(CC(=O)N(Cc2ccc(Cl)cc2)C(C)C(=O)NC2CCCCC2)c1. The van der Waals surface area contributed by atoms with Crippen molar-refractivity contribution in [3.8, 4) is 0 Å². The molecule has 1 unspecified atom stereocenters. The Hall–Kier alpha value is -2.33. The maximum atomic E-state index is 13.4. The summed E-state index contributed by atoms with van der Waals surface area (Å²) in [5, 5.41) is 3.83.